The molecule has 2 rings (SSSR count). The predicted octanol–water partition coefficient (Wildman–Crippen LogP) is 2.99. The Labute approximate surface area is 128 Å². The molecule has 6 nitrogen and oxygen atoms in total. The van der Waals surface area contributed by atoms with Gasteiger partial charge in [-0.1, -0.05) is 0 Å². The average Bonchev–Trinajstić information content (AvgIpc) is 3.07. The van der Waals surface area contributed by atoms with Crippen molar-refractivity contribution in [2.75, 3.05) is 7.11 Å². The molecule has 0 unspecified atom stereocenters. The third-order valence-electron chi connectivity index (χ3n) is 3.17. The fraction of sp³-hybridized carbons (Fsp3) is 0.500. The summed E-state index contributed by atoms with van der Waals surface area (Å²) in [5.41, 5.74) is 1.18. The van der Waals surface area contributed by atoms with Crippen molar-refractivity contribution in [2.45, 2.75) is 39.8 Å². The molecule has 2 aromatic rings. The minimum absolute atomic E-state index is 0.209. The molecule has 0 N–H and O–H groups in total. The molecule has 0 spiro atoms. The van der Waals surface area contributed by atoms with Gasteiger partial charge in [0.15, 0.2) is 5.69 Å². The summed E-state index contributed by atoms with van der Waals surface area (Å²) in [5, 5.41) is 8.49. The summed E-state index contributed by atoms with van der Waals surface area (Å²) in [6.07, 6.45) is 1.80. The maximum absolute atomic E-state index is 12.5. The van der Waals surface area contributed by atoms with Crippen LogP contribution < -0.4 is 0 Å². The summed E-state index contributed by atoms with van der Waals surface area (Å²) < 4.78 is 1.75. The summed E-state index contributed by atoms with van der Waals surface area (Å²) >= 11 is 1.55. The van der Waals surface area contributed by atoms with E-state index in [1.165, 1.54) is 12.2 Å². The fourth-order valence-electron chi connectivity index (χ4n) is 1.96. The molecular weight excluding hydrogens is 288 g/mol. The number of hydrogen-bond donors (Lipinski definition) is 0. The van der Waals surface area contributed by atoms with E-state index in [2.05, 4.69) is 10.1 Å². The van der Waals surface area contributed by atoms with E-state index in [4.69, 9.17) is 4.84 Å². The number of aryl methyl sites for hydroxylation is 1. The van der Waals surface area contributed by atoms with Gasteiger partial charge in [-0.2, -0.15) is 5.10 Å². The standard InChI is InChI=1S/C14H20N4O2S/c1-9(2)17-7-6-12(16-17)14(19)18(20-5)10(3)13-8-21-11(4)15-13/h6-10H,1-5H3/t10-/m0/s1. The molecule has 0 radical (unpaired) electrons. The van der Waals surface area contributed by atoms with Crippen molar-refractivity contribution in [1.29, 1.82) is 0 Å². The van der Waals surface area contributed by atoms with Crippen LogP contribution in [0.2, 0.25) is 0 Å². The van der Waals surface area contributed by atoms with E-state index in [1.807, 2.05) is 33.1 Å². The number of carbonyl (C=O) groups excluding carboxylic acids is 1. The second kappa shape index (κ2) is 6.36. The summed E-state index contributed by atoms with van der Waals surface area (Å²) in [4.78, 5) is 22.2. The molecule has 21 heavy (non-hydrogen) atoms. The quantitative estimate of drug-likeness (QED) is 0.797. The van der Waals surface area contributed by atoms with Gasteiger partial charge >= 0.3 is 0 Å². The highest BCUT2D eigenvalue weighted by molar-refractivity contribution is 7.09. The number of hydrogen-bond acceptors (Lipinski definition) is 5. The molecule has 0 saturated heterocycles. The highest BCUT2D eigenvalue weighted by atomic mass is 32.1. The SMILES string of the molecule is CON(C(=O)c1ccn(C(C)C)n1)[C@@H](C)c1csc(C)n1. The number of hydroxylamine groups is 2. The van der Waals surface area contributed by atoms with E-state index in [9.17, 15) is 4.79 Å². The molecule has 0 fully saturated rings. The van der Waals surface area contributed by atoms with Gasteiger partial charge in [-0.15, -0.1) is 11.3 Å². The smallest absolute Gasteiger partial charge is 0.273 e. The summed E-state index contributed by atoms with van der Waals surface area (Å²) in [7, 11) is 1.48. The van der Waals surface area contributed by atoms with Crippen LogP contribution in [0, 0.1) is 6.92 Å². The normalized spacial score (nSPS) is 12.7. The molecule has 114 valence electrons. The van der Waals surface area contributed by atoms with Crippen LogP contribution in [0.15, 0.2) is 17.6 Å². The van der Waals surface area contributed by atoms with Crippen LogP contribution in [-0.2, 0) is 4.84 Å². The third-order valence-corrected chi connectivity index (χ3v) is 3.96. The second-order valence-corrected chi connectivity index (χ2v) is 6.12. The van der Waals surface area contributed by atoms with Crippen LogP contribution in [0.4, 0.5) is 0 Å². The molecule has 1 amide bonds. The number of carbonyl (C=O) groups is 1. The van der Waals surface area contributed by atoms with Gasteiger partial charge in [0.1, 0.15) is 6.04 Å². The van der Waals surface area contributed by atoms with Crippen molar-refractivity contribution >= 4 is 17.2 Å². The lowest BCUT2D eigenvalue weighted by Gasteiger charge is -2.24. The highest BCUT2D eigenvalue weighted by Gasteiger charge is 2.26. The van der Waals surface area contributed by atoms with Crippen molar-refractivity contribution < 1.29 is 9.63 Å². The van der Waals surface area contributed by atoms with Gasteiger partial charge in [0.25, 0.3) is 5.91 Å². The molecule has 2 heterocycles. The maximum Gasteiger partial charge on any atom is 0.298 e. The number of rotatable bonds is 5. The molecule has 0 aliphatic carbocycles. The minimum Gasteiger partial charge on any atom is -0.273 e. The molecule has 7 heteroatoms. The number of nitrogens with zero attached hydrogens (tertiary/aromatic N) is 4. The fourth-order valence-corrected chi connectivity index (χ4v) is 2.66. The molecule has 0 saturated carbocycles. The molecule has 0 aromatic carbocycles. The van der Waals surface area contributed by atoms with E-state index < -0.39 is 0 Å². The number of thiazole rings is 1. The van der Waals surface area contributed by atoms with Crippen molar-refractivity contribution in [3.05, 3.63) is 34.0 Å². The Morgan fingerprint density at radius 2 is 2.14 bits per heavy atom. The number of aromatic nitrogens is 3. The first-order valence-corrected chi connectivity index (χ1v) is 7.66. The monoisotopic (exact) mass is 308 g/mol. The Kier molecular flexibility index (Phi) is 4.74. The van der Waals surface area contributed by atoms with Crippen LogP contribution in [0.25, 0.3) is 0 Å². The molecular formula is C14H20N4O2S. The van der Waals surface area contributed by atoms with Gasteiger partial charge in [0, 0.05) is 17.6 Å². The van der Waals surface area contributed by atoms with Gasteiger partial charge in [0.2, 0.25) is 0 Å². The molecule has 1 atom stereocenters. The van der Waals surface area contributed by atoms with E-state index in [0.29, 0.717) is 5.69 Å². The first-order valence-electron chi connectivity index (χ1n) is 6.79. The predicted molar refractivity (Wildman–Crippen MR) is 81.1 cm³/mol. The second-order valence-electron chi connectivity index (χ2n) is 5.06. The third kappa shape index (κ3) is 3.30. The van der Waals surface area contributed by atoms with Gasteiger partial charge < -0.3 is 0 Å². The van der Waals surface area contributed by atoms with Crippen molar-refractivity contribution in [2.24, 2.45) is 0 Å². The largest absolute Gasteiger partial charge is 0.298 e. The van der Waals surface area contributed by atoms with Gasteiger partial charge in [0.05, 0.1) is 17.8 Å². The Balaban J connectivity index is 2.21. The Morgan fingerprint density at radius 3 is 2.62 bits per heavy atom. The maximum atomic E-state index is 12.5. The van der Waals surface area contributed by atoms with Crippen molar-refractivity contribution in [3.63, 3.8) is 0 Å². The van der Waals surface area contributed by atoms with Crippen molar-refractivity contribution in [1.82, 2.24) is 19.8 Å². The first-order chi connectivity index (χ1) is 9.93. The summed E-state index contributed by atoms with van der Waals surface area (Å²) in [6.45, 7) is 7.84. The van der Waals surface area contributed by atoms with Crippen molar-refractivity contribution in [3.8, 4) is 0 Å². The zero-order valence-corrected chi connectivity index (χ0v) is 13.7. The van der Waals surface area contributed by atoms with Crippen LogP contribution >= 0.6 is 11.3 Å². The summed E-state index contributed by atoms with van der Waals surface area (Å²) in [6, 6.07) is 1.64. The zero-order chi connectivity index (χ0) is 15.6. The van der Waals surface area contributed by atoms with E-state index >= 15 is 0 Å². The van der Waals surface area contributed by atoms with Gasteiger partial charge in [-0.05, 0) is 33.8 Å². The van der Waals surface area contributed by atoms with Crippen LogP contribution in [-0.4, -0.2) is 32.8 Å². The van der Waals surface area contributed by atoms with E-state index in [-0.39, 0.29) is 18.0 Å². The minimum atomic E-state index is -0.268. The molecule has 0 aliphatic rings. The Morgan fingerprint density at radius 1 is 1.43 bits per heavy atom. The van der Waals surface area contributed by atoms with Crippen LogP contribution in [0.1, 0.15) is 54.0 Å². The number of amides is 1. The first kappa shape index (κ1) is 15.7. The molecule has 0 bridgehead atoms. The topological polar surface area (TPSA) is 60.2 Å². The lowest BCUT2D eigenvalue weighted by Crippen LogP contribution is -2.33. The van der Waals surface area contributed by atoms with Gasteiger partial charge in [-0.25, -0.2) is 10.0 Å². The van der Waals surface area contributed by atoms with Crippen LogP contribution in [0.3, 0.4) is 0 Å². The Bertz CT molecular complexity index is 620. The van der Waals surface area contributed by atoms with Crippen LogP contribution in [0.5, 0.6) is 0 Å². The van der Waals surface area contributed by atoms with Gasteiger partial charge in [-0.3, -0.25) is 14.3 Å². The highest BCUT2D eigenvalue weighted by Crippen LogP contribution is 2.23. The Hall–Kier alpha value is -1.73. The zero-order valence-electron chi connectivity index (χ0n) is 12.9. The lowest BCUT2D eigenvalue weighted by molar-refractivity contribution is -0.121. The average molecular weight is 308 g/mol. The van der Waals surface area contributed by atoms with E-state index in [1.54, 1.807) is 28.3 Å². The summed E-state index contributed by atoms with van der Waals surface area (Å²) in [5.74, 6) is -0.268. The van der Waals surface area contributed by atoms with E-state index in [0.717, 1.165) is 10.7 Å². The molecule has 2 aromatic heterocycles. The molecule has 0 aliphatic heterocycles. The lowest BCUT2D eigenvalue weighted by atomic mass is 10.2.